The second kappa shape index (κ2) is 13.6. The number of carbonyl (C=O) groups excluding carboxylic acids is 1. The number of aliphatic hydroxyl groups excluding tert-OH is 1. The molecule has 10 nitrogen and oxygen atoms in total. The van der Waals surface area contributed by atoms with Crippen LogP contribution in [0.15, 0.2) is 34.0 Å². The maximum atomic E-state index is 13.5. The van der Waals surface area contributed by atoms with Gasteiger partial charge in [0.1, 0.15) is 12.4 Å². The minimum absolute atomic E-state index is 0.0187. The van der Waals surface area contributed by atoms with Crippen molar-refractivity contribution in [1.82, 2.24) is 19.7 Å². The van der Waals surface area contributed by atoms with Gasteiger partial charge in [0.15, 0.2) is 8.32 Å². The summed E-state index contributed by atoms with van der Waals surface area (Å²) >= 11 is 6.34. The molecule has 1 aliphatic rings. The Bertz CT molecular complexity index is 1280. The number of nitrogens with one attached hydrogen (secondary N) is 1. The minimum Gasteiger partial charge on any atom is -0.410 e. The molecule has 0 aliphatic heterocycles. The molecule has 0 spiro atoms. The highest BCUT2D eigenvalue weighted by Gasteiger charge is 2.39. The molecule has 1 aliphatic carbocycles. The zero-order valence-corrected chi connectivity index (χ0v) is 26.2. The Morgan fingerprint density at radius 3 is 2.45 bits per heavy atom. The second-order valence-corrected chi connectivity index (χ2v) is 17.2. The summed E-state index contributed by atoms with van der Waals surface area (Å²) in [5.41, 5.74) is -0.901. The van der Waals surface area contributed by atoms with Gasteiger partial charge in [0.2, 0.25) is 0 Å². The van der Waals surface area contributed by atoms with Crippen LogP contribution in [0.25, 0.3) is 5.69 Å². The number of amides is 1. The molecule has 1 heterocycles. The predicted octanol–water partition coefficient (Wildman–Crippen LogP) is 4.10. The normalized spacial score (nSPS) is 16.8. The topological polar surface area (TPSA) is 125 Å². The highest BCUT2D eigenvalue weighted by molar-refractivity contribution is 6.74. The van der Waals surface area contributed by atoms with E-state index in [1.807, 2.05) is 0 Å². The Hall–Kier alpha value is -2.31. The zero-order valence-electron chi connectivity index (χ0n) is 24.4. The zero-order chi connectivity index (χ0) is 29.7. The van der Waals surface area contributed by atoms with Crippen LogP contribution in [0.5, 0.6) is 0 Å². The van der Waals surface area contributed by atoms with Crippen LogP contribution >= 0.6 is 11.6 Å². The lowest BCUT2D eigenvalue weighted by atomic mass is 9.98. The van der Waals surface area contributed by atoms with E-state index in [1.165, 1.54) is 12.1 Å². The average molecular weight is 595 g/mol. The van der Waals surface area contributed by atoms with Crippen molar-refractivity contribution in [2.75, 3.05) is 13.7 Å². The summed E-state index contributed by atoms with van der Waals surface area (Å²) in [4.78, 5) is 39.3. The van der Waals surface area contributed by atoms with E-state index < -0.39 is 37.8 Å². The summed E-state index contributed by atoms with van der Waals surface area (Å²) in [6, 6.07) is 4.46. The highest BCUT2D eigenvalue weighted by Crippen LogP contribution is 2.37. The fourth-order valence-electron chi connectivity index (χ4n) is 4.66. The van der Waals surface area contributed by atoms with Crippen LogP contribution in [0, 0.1) is 5.92 Å². The van der Waals surface area contributed by atoms with Gasteiger partial charge in [-0.1, -0.05) is 58.1 Å². The molecule has 2 atom stereocenters. The third kappa shape index (κ3) is 7.91. The highest BCUT2D eigenvalue weighted by atomic mass is 35.5. The van der Waals surface area contributed by atoms with Crippen molar-refractivity contribution in [2.45, 2.75) is 96.3 Å². The number of nitrogens with zero attached hydrogens (tertiary/aromatic N) is 3. The molecule has 1 aromatic heterocycles. The molecule has 12 heteroatoms. The molecule has 40 heavy (non-hydrogen) atoms. The fourth-order valence-corrected chi connectivity index (χ4v) is 6.20. The van der Waals surface area contributed by atoms with Crippen LogP contribution in [0.3, 0.4) is 0 Å². The van der Waals surface area contributed by atoms with Gasteiger partial charge in [-0.2, -0.15) is 9.78 Å². The van der Waals surface area contributed by atoms with Gasteiger partial charge < -0.3 is 19.6 Å². The van der Waals surface area contributed by atoms with Gasteiger partial charge >= 0.3 is 5.69 Å². The smallest absolute Gasteiger partial charge is 0.352 e. The number of aromatic nitrogens is 3. The number of ether oxygens (including phenoxy) is 1. The van der Waals surface area contributed by atoms with Crippen molar-refractivity contribution in [3.05, 3.63) is 55.8 Å². The third-order valence-electron chi connectivity index (χ3n) is 8.03. The van der Waals surface area contributed by atoms with Crippen LogP contribution in [-0.4, -0.2) is 59.7 Å². The van der Waals surface area contributed by atoms with Crippen LogP contribution in [0.2, 0.25) is 23.2 Å². The summed E-state index contributed by atoms with van der Waals surface area (Å²) in [7, 11) is -0.682. The number of carbonyl (C=O) groups is 1. The van der Waals surface area contributed by atoms with Gasteiger partial charge in [-0.05, 0) is 49.2 Å². The van der Waals surface area contributed by atoms with Gasteiger partial charge in [0, 0.05) is 13.0 Å². The van der Waals surface area contributed by atoms with E-state index in [0.29, 0.717) is 0 Å². The van der Waals surface area contributed by atoms with E-state index in [9.17, 15) is 19.5 Å². The third-order valence-corrected chi connectivity index (χ3v) is 12.9. The molecule has 2 unspecified atom stereocenters. The quantitative estimate of drug-likeness (QED) is 0.241. The van der Waals surface area contributed by atoms with Crippen molar-refractivity contribution in [3.8, 4) is 5.69 Å². The molecule has 1 amide bonds. The Balaban J connectivity index is 1.89. The number of hydrogen-bond acceptors (Lipinski definition) is 7. The van der Waals surface area contributed by atoms with Crippen LogP contribution < -0.4 is 16.6 Å². The van der Waals surface area contributed by atoms with Gasteiger partial charge in [0.25, 0.3) is 11.5 Å². The molecule has 2 aromatic rings. The summed E-state index contributed by atoms with van der Waals surface area (Å²) in [5.74, 6) is -0.567. The lowest BCUT2D eigenvalue weighted by molar-refractivity contribution is 0.0532. The summed E-state index contributed by atoms with van der Waals surface area (Å²) in [6.45, 7) is 10.7. The van der Waals surface area contributed by atoms with E-state index in [2.05, 4.69) is 44.3 Å². The first kappa shape index (κ1) is 32.2. The largest absolute Gasteiger partial charge is 0.410 e. The van der Waals surface area contributed by atoms with Gasteiger partial charge in [-0.3, -0.25) is 14.2 Å². The number of benzene rings is 1. The van der Waals surface area contributed by atoms with Crippen molar-refractivity contribution < 1.29 is 19.1 Å². The number of methoxy groups -OCH3 is 1. The number of hydrogen-bond donors (Lipinski definition) is 2. The molecule has 222 valence electrons. The van der Waals surface area contributed by atoms with Crippen molar-refractivity contribution in [2.24, 2.45) is 5.92 Å². The van der Waals surface area contributed by atoms with Crippen molar-refractivity contribution in [1.29, 1.82) is 0 Å². The lowest BCUT2D eigenvalue weighted by Gasteiger charge is -2.39. The van der Waals surface area contributed by atoms with Crippen LogP contribution in [0.4, 0.5) is 0 Å². The monoisotopic (exact) mass is 594 g/mol. The van der Waals surface area contributed by atoms with E-state index >= 15 is 0 Å². The predicted molar refractivity (Wildman–Crippen MR) is 158 cm³/mol. The molecule has 2 N–H and O–H groups in total. The SMILES string of the molecule is COCC(Cn1c(=O)cnn(-c2ccc(Cl)c(C(=O)NC(O)C3CCCCCC3)c2)c1=O)O[Si](C)(C)C(C)(C)C. The molecule has 0 bridgehead atoms. The first-order valence-corrected chi connectivity index (χ1v) is 17.2. The Morgan fingerprint density at radius 2 is 1.85 bits per heavy atom. The van der Waals surface area contributed by atoms with Gasteiger partial charge in [-0.25, -0.2) is 4.79 Å². The summed E-state index contributed by atoms with van der Waals surface area (Å²) in [6.07, 6.45) is 5.53. The lowest BCUT2D eigenvalue weighted by Crippen LogP contribution is -2.49. The van der Waals surface area contributed by atoms with Crippen LogP contribution in [0.1, 0.15) is 69.7 Å². The first-order chi connectivity index (χ1) is 18.7. The molecule has 0 radical (unpaired) electrons. The molecule has 3 rings (SSSR count). The van der Waals surface area contributed by atoms with E-state index in [-0.39, 0.29) is 40.4 Å². The molecule has 0 saturated heterocycles. The molecule has 1 aromatic carbocycles. The van der Waals surface area contributed by atoms with Crippen molar-refractivity contribution in [3.63, 3.8) is 0 Å². The van der Waals surface area contributed by atoms with E-state index in [1.54, 1.807) is 13.2 Å². The summed E-state index contributed by atoms with van der Waals surface area (Å²) in [5, 5.41) is 17.5. The average Bonchev–Trinajstić information content (AvgIpc) is 3.16. The van der Waals surface area contributed by atoms with Gasteiger partial charge in [-0.15, -0.1) is 0 Å². The van der Waals surface area contributed by atoms with Crippen LogP contribution in [-0.2, 0) is 15.7 Å². The number of aliphatic hydroxyl groups is 1. The molecular formula is C28H43ClN4O6Si. The summed E-state index contributed by atoms with van der Waals surface area (Å²) < 4.78 is 13.9. The fraction of sp³-hybridized carbons (Fsp3) is 0.643. The van der Waals surface area contributed by atoms with E-state index in [0.717, 1.165) is 54.0 Å². The maximum absolute atomic E-state index is 13.5. The second-order valence-electron chi connectivity index (χ2n) is 12.1. The molecular weight excluding hydrogens is 552 g/mol. The standard InChI is InChI=1S/C28H43ClN4O6Si/c1-28(2,3)40(5,6)39-21(18-38-4)17-32-24(34)16-30-33(27(32)37)20-13-14-23(29)22(15-20)26(36)31-25(35)19-11-9-7-8-10-12-19/h13-16,19,21,25,35H,7-12,17-18H2,1-6H3,(H,31,36). The van der Waals surface area contributed by atoms with Crippen molar-refractivity contribution >= 4 is 25.8 Å². The van der Waals surface area contributed by atoms with Gasteiger partial charge in [0.05, 0.1) is 35.5 Å². The first-order valence-electron chi connectivity index (χ1n) is 13.9. The molecule has 1 saturated carbocycles. The minimum atomic E-state index is -2.23. The number of halogens is 1. The molecule has 1 fully saturated rings. The number of rotatable bonds is 10. The Kier molecular flexibility index (Phi) is 10.9. The maximum Gasteiger partial charge on any atom is 0.352 e. The Morgan fingerprint density at radius 1 is 1.20 bits per heavy atom. The van der Waals surface area contributed by atoms with E-state index in [4.69, 9.17) is 20.8 Å². The Labute approximate surface area is 241 Å².